The van der Waals surface area contributed by atoms with E-state index in [1.165, 1.54) is 37.8 Å². The third-order valence-electron chi connectivity index (χ3n) is 4.03. The summed E-state index contributed by atoms with van der Waals surface area (Å²) in [5.41, 5.74) is -2.01. The third kappa shape index (κ3) is 5.42. The van der Waals surface area contributed by atoms with Gasteiger partial charge in [0.05, 0.1) is 0 Å². The van der Waals surface area contributed by atoms with Gasteiger partial charge in [0.25, 0.3) is 0 Å². The minimum Gasteiger partial charge on any atom is -0.479 e. The summed E-state index contributed by atoms with van der Waals surface area (Å²) < 4.78 is 0. The van der Waals surface area contributed by atoms with E-state index in [4.69, 9.17) is 0 Å². The first kappa shape index (κ1) is 19.8. The molecule has 0 spiro atoms. The van der Waals surface area contributed by atoms with Crippen LogP contribution in [0.3, 0.4) is 0 Å². The molecule has 24 heavy (non-hydrogen) atoms. The Bertz CT molecular complexity index is 567. The molecule has 130 valence electrons. The minimum absolute atomic E-state index is 0.178. The van der Waals surface area contributed by atoms with Gasteiger partial charge in [-0.1, -0.05) is 81.7 Å². The van der Waals surface area contributed by atoms with E-state index >= 15 is 0 Å². The molecule has 4 nitrogen and oxygen atoms in total. The van der Waals surface area contributed by atoms with Crippen molar-refractivity contribution >= 4 is 11.9 Å². The number of rotatable bonds is 10. The van der Waals surface area contributed by atoms with Crippen molar-refractivity contribution in [3.05, 3.63) is 35.9 Å². The van der Waals surface area contributed by atoms with Gasteiger partial charge in [0.1, 0.15) is 0 Å². The fourth-order valence-electron chi connectivity index (χ4n) is 2.57. The molecule has 0 aliphatic heterocycles. The van der Waals surface area contributed by atoms with Gasteiger partial charge >= 0.3 is 11.9 Å². The van der Waals surface area contributed by atoms with E-state index in [9.17, 15) is 19.8 Å². The van der Waals surface area contributed by atoms with Crippen LogP contribution in [-0.2, 0) is 15.0 Å². The Balaban J connectivity index is 2.69. The molecule has 0 aromatic heterocycles. The van der Waals surface area contributed by atoms with Crippen LogP contribution in [0.2, 0.25) is 0 Å². The highest BCUT2D eigenvalue weighted by atomic mass is 16.4. The first-order chi connectivity index (χ1) is 11.6. The summed E-state index contributed by atoms with van der Waals surface area (Å²) in [6, 6.07) is 7.93. The van der Waals surface area contributed by atoms with Gasteiger partial charge in [-0.15, -0.1) is 5.92 Å². The average molecular weight is 330 g/mol. The van der Waals surface area contributed by atoms with E-state index in [0.717, 1.165) is 19.3 Å². The quantitative estimate of drug-likeness (QED) is 0.382. The second-order valence-corrected chi connectivity index (χ2v) is 5.90. The molecule has 2 N–H and O–H groups in total. The van der Waals surface area contributed by atoms with Crippen LogP contribution in [0.5, 0.6) is 0 Å². The summed E-state index contributed by atoms with van der Waals surface area (Å²) in [6.45, 7) is 2.18. The summed E-state index contributed by atoms with van der Waals surface area (Å²) in [5, 5.41) is 19.0. The monoisotopic (exact) mass is 330 g/mol. The Morgan fingerprint density at radius 2 is 1.46 bits per heavy atom. The number of hydrogen-bond donors (Lipinski definition) is 2. The van der Waals surface area contributed by atoms with Crippen LogP contribution in [0.15, 0.2) is 30.3 Å². The van der Waals surface area contributed by atoms with Gasteiger partial charge in [-0.25, -0.2) is 9.59 Å². The third-order valence-corrected chi connectivity index (χ3v) is 4.03. The van der Waals surface area contributed by atoms with Crippen molar-refractivity contribution in [2.24, 2.45) is 0 Å². The molecule has 0 amide bonds. The Kier molecular flexibility index (Phi) is 8.64. The maximum absolute atomic E-state index is 11.6. The standard InChI is InChI=1S/C20H26O4/c1-2-3-4-5-6-7-8-9-13-16-20(18(21)22,19(23)24)17-14-11-10-12-15-17/h10-12,14-15H,2-9H2,1H3,(H,21,22)(H,23,24). The molecule has 1 aromatic carbocycles. The predicted molar refractivity (Wildman–Crippen MR) is 93.8 cm³/mol. The van der Waals surface area contributed by atoms with E-state index in [0.29, 0.717) is 6.42 Å². The highest BCUT2D eigenvalue weighted by Gasteiger charge is 2.47. The first-order valence-corrected chi connectivity index (χ1v) is 8.58. The largest absolute Gasteiger partial charge is 0.479 e. The van der Waals surface area contributed by atoms with Gasteiger partial charge < -0.3 is 10.2 Å². The van der Waals surface area contributed by atoms with Crippen molar-refractivity contribution in [2.45, 2.75) is 63.7 Å². The number of aliphatic carboxylic acids is 2. The Morgan fingerprint density at radius 1 is 0.917 bits per heavy atom. The smallest absolute Gasteiger partial charge is 0.338 e. The SMILES string of the molecule is CCCCCCCCCC#CC(C(=O)O)(C(=O)O)c1ccccc1. The number of carboxylic acid groups (broad SMARTS) is 2. The van der Waals surface area contributed by atoms with Crippen LogP contribution < -0.4 is 0 Å². The molecule has 0 bridgehead atoms. The lowest BCUT2D eigenvalue weighted by molar-refractivity contribution is -0.154. The van der Waals surface area contributed by atoms with Gasteiger partial charge in [-0.05, 0) is 12.0 Å². The molecule has 0 atom stereocenters. The van der Waals surface area contributed by atoms with Crippen molar-refractivity contribution in [3.63, 3.8) is 0 Å². The minimum atomic E-state index is -2.19. The highest BCUT2D eigenvalue weighted by Crippen LogP contribution is 2.24. The summed E-state index contributed by atoms with van der Waals surface area (Å²) in [6.07, 6.45) is 8.50. The zero-order valence-electron chi connectivity index (χ0n) is 14.3. The molecule has 0 unspecified atom stereocenters. The highest BCUT2D eigenvalue weighted by molar-refractivity contribution is 6.08. The first-order valence-electron chi connectivity index (χ1n) is 8.58. The van der Waals surface area contributed by atoms with Gasteiger partial charge in [0.2, 0.25) is 5.41 Å². The summed E-state index contributed by atoms with van der Waals surface area (Å²) in [4.78, 5) is 23.3. The molecule has 0 aliphatic carbocycles. The van der Waals surface area contributed by atoms with E-state index < -0.39 is 17.4 Å². The molecule has 0 aliphatic rings. The summed E-state index contributed by atoms with van der Waals surface area (Å²) in [7, 11) is 0. The van der Waals surface area contributed by atoms with Crippen molar-refractivity contribution < 1.29 is 19.8 Å². The molecule has 0 fully saturated rings. The lowest BCUT2D eigenvalue weighted by Gasteiger charge is -2.19. The van der Waals surface area contributed by atoms with Crippen LogP contribution in [-0.4, -0.2) is 22.2 Å². The normalized spacial score (nSPS) is 10.7. The average Bonchev–Trinajstić information content (AvgIpc) is 2.57. The van der Waals surface area contributed by atoms with Crippen LogP contribution in [0.25, 0.3) is 0 Å². The van der Waals surface area contributed by atoms with Crippen LogP contribution in [0, 0.1) is 11.8 Å². The van der Waals surface area contributed by atoms with E-state index in [-0.39, 0.29) is 5.56 Å². The summed E-state index contributed by atoms with van der Waals surface area (Å²) >= 11 is 0. The predicted octanol–water partition coefficient (Wildman–Crippen LogP) is 4.24. The van der Waals surface area contributed by atoms with Gasteiger partial charge in [-0.3, -0.25) is 0 Å². The molecule has 0 heterocycles. The Labute approximate surface area is 143 Å². The number of carboxylic acids is 2. The maximum atomic E-state index is 11.6. The van der Waals surface area contributed by atoms with E-state index in [2.05, 4.69) is 18.8 Å². The molecule has 1 rings (SSSR count). The van der Waals surface area contributed by atoms with Gasteiger partial charge in [0, 0.05) is 6.42 Å². The van der Waals surface area contributed by atoms with Crippen LogP contribution in [0.1, 0.15) is 63.9 Å². The zero-order valence-corrected chi connectivity index (χ0v) is 14.3. The summed E-state index contributed by atoms with van der Waals surface area (Å²) in [5.74, 6) is 2.39. The zero-order chi connectivity index (χ0) is 17.8. The van der Waals surface area contributed by atoms with Crippen molar-refractivity contribution in [3.8, 4) is 11.8 Å². The number of hydrogen-bond acceptors (Lipinski definition) is 2. The topological polar surface area (TPSA) is 74.6 Å². The molecule has 4 heteroatoms. The Hall–Kier alpha value is -2.28. The second kappa shape index (κ2) is 10.5. The van der Waals surface area contributed by atoms with Crippen molar-refractivity contribution in [2.75, 3.05) is 0 Å². The van der Waals surface area contributed by atoms with Crippen molar-refractivity contribution in [1.82, 2.24) is 0 Å². The van der Waals surface area contributed by atoms with Gasteiger partial charge in [-0.2, -0.15) is 0 Å². The van der Waals surface area contributed by atoms with Crippen molar-refractivity contribution in [1.29, 1.82) is 0 Å². The Morgan fingerprint density at radius 3 is 2.00 bits per heavy atom. The lowest BCUT2D eigenvalue weighted by Crippen LogP contribution is -2.42. The second-order valence-electron chi connectivity index (χ2n) is 5.90. The fourth-order valence-corrected chi connectivity index (χ4v) is 2.57. The maximum Gasteiger partial charge on any atom is 0.338 e. The number of carbonyl (C=O) groups is 2. The molecular weight excluding hydrogens is 304 g/mol. The molecule has 0 radical (unpaired) electrons. The molecule has 1 aromatic rings. The van der Waals surface area contributed by atoms with Crippen LogP contribution >= 0.6 is 0 Å². The molecule has 0 saturated heterocycles. The van der Waals surface area contributed by atoms with E-state index in [1.54, 1.807) is 18.2 Å². The number of benzene rings is 1. The van der Waals surface area contributed by atoms with E-state index in [1.807, 2.05) is 0 Å². The molecule has 0 saturated carbocycles. The number of unbranched alkanes of at least 4 members (excludes halogenated alkanes) is 7. The van der Waals surface area contributed by atoms with Gasteiger partial charge in [0.15, 0.2) is 0 Å². The lowest BCUT2D eigenvalue weighted by atomic mass is 9.81. The fraction of sp³-hybridized carbons (Fsp3) is 0.500. The van der Waals surface area contributed by atoms with Crippen LogP contribution in [0.4, 0.5) is 0 Å². The molecular formula is C20H26O4.